The topological polar surface area (TPSA) is 67.8 Å². The zero-order valence-electron chi connectivity index (χ0n) is 13.2. The van der Waals surface area contributed by atoms with Gasteiger partial charge in [-0.2, -0.15) is 0 Å². The number of ether oxygens (including phenoxy) is 2. The molecular formula is C16H23NO4S. The predicted octanol–water partition coefficient (Wildman–Crippen LogP) is 2.91. The molecule has 1 aliphatic rings. The van der Waals surface area contributed by atoms with Gasteiger partial charge in [-0.25, -0.2) is 0 Å². The monoisotopic (exact) mass is 325 g/mol. The normalized spacial score (nSPS) is 21.1. The van der Waals surface area contributed by atoms with Crippen LogP contribution in [0.15, 0.2) is 18.2 Å². The van der Waals surface area contributed by atoms with Crippen molar-refractivity contribution in [2.75, 3.05) is 19.0 Å². The number of rotatable bonds is 7. The molecule has 1 aromatic rings. The Labute approximate surface area is 135 Å². The fraction of sp³-hybridized carbons (Fsp3) is 0.562. The molecule has 1 heterocycles. The molecule has 0 unspecified atom stereocenters. The Morgan fingerprint density at radius 1 is 1.41 bits per heavy atom. The van der Waals surface area contributed by atoms with Crippen molar-refractivity contribution < 1.29 is 19.4 Å². The Kier molecular flexibility index (Phi) is 5.97. The highest BCUT2D eigenvalue weighted by atomic mass is 32.2. The number of carboxylic acids is 1. The molecule has 0 aromatic heterocycles. The molecule has 122 valence electrons. The molecule has 0 bridgehead atoms. The Morgan fingerprint density at radius 3 is 2.77 bits per heavy atom. The van der Waals surface area contributed by atoms with E-state index in [0.717, 1.165) is 11.3 Å². The van der Waals surface area contributed by atoms with E-state index in [1.807, 2.05) is 25.1 Å². The van der Waals surface area contributed by atoms with E-state index in [0.29, 0.717) is 30.6 Å². The highest BCUT2D eigenvalue weighted by Crippen LogP contribution is 2.37. The van der Waals surface area contributed by atoms with Gasteiger partial charge in [0.25, 0.3) is 0 Å². The molecular weight excluding hydrogens is 302 g/mol. The molecule has 2 N–H and O–H groups in total. The number of nitrogens with one attached hydrogen (secondary N) is 1. The van der Waals surface area contributed by atoms with Crippen molar-refractivity contribution in [1.29, 1.82) is 0 Å². The summed E-state index contributed by atoms with van der Waals surface area (Å²) in [6.45, 7) is 7.32. The van der Waals surface area contributed by atoms with Crippen LogP contribution in [0.1, 0.15) is 31.7 Å². The van der Waals surface area contributed by atoms with E-state index in [4.69, 9.17) is 14.6 Å². The van der Waals surface area contributed by atoms with E-state index in [2.05, 4.69) is 19.2 Å². The van der Waals surface area contributed by atoms with Crippen molar-refractivity contribution in [2.45, 2.75) is 32.2 Å². The van der Waals surface area contributed by atoms with Crippen LogP contribution in [0.2, 0.25) is 0 Å². The van der Waals surface area contributed by atoms with E-state index in [-0.39, 0.29) is 5.37 Å². The van der Waals surface area contributed by atoms with Crippen molar-refractivity contribution in [3.8, 4) is 11.5 Å². The zero-order valence-corrected chi connectivity index (χ0v) is 14.0. The van der Waals surface area contributed by atoms with Gasteiger partial charge in [0.2, 0.25) is 0 Å². The molecule has 0 saturated carbocycles. The fourth-order valence-corrected chi connectivity index (χ4v) is 3.36. The minimum atomic E-state index is -0.808. The van der Waals surface area contributed by atoms with Crippen LogP contribution in [-0.2, 0) is 4.79 Å². The van der Waals surface area contributed by atoms with Gasteiger partial charge in [0.15, 0.2) is 11.5 Å². The van der Waals surface area contributed by atoms with Gasteiger partial charge in [-0.3, -0.25) is 10.1 Å². The van der Waals surface area contributed by atoms with Gasteiger partial charge in [-0.1, -0.05) is 19.9 Å². The lowest BCUT2D eigenvalue weighted by Crippen LogP contribution is -2.33. The summed E-state index contributed by atoms with van der Waals surface area (Å²) in [4.78, 5) is 11.0. The first-order chi connectivity index (χ1) is 10.5. The maximum atomic E-state index is 11.0. The largest absolute Gasteiger partial charge is 0.490 e. The third-order valence-corrected chi connectivity index (χ3v) is 4.49. The molecule has 0 spiro atoms. The van der Waals surface area contributed by atoms with E-state index >= 15 is 0 Å². The van der Waals surface area contributed by atoms with Crippen LogP contribution < -0.4 is 14.8 Å². The maximum absolute atomic E-state index is 11.0. The lowest BCUT2D eigenvalue weighted by molar-refractivity contribution is -0.138. The third kappa shape index (κ3) is 4.30. The zero-order chi connectivity index (χ0) is 16.1. The Morgan fingerprint density at radius 2 is 2.18 bits per heavy atom. The van der Waals surface area contributed by atoms with Crippen LogP contribution in [0.4, 0.5) is 0 Å². The highest BCUT2D eigenvalue weighted by Gasteiger charge is 2.30. The van der Waals surface area contributed by atoms with Gasteiger partial charge < -0.3 is 14.6 Å². The molecule has 5 nitrogen and oxygen atoms in total. The smallest absolute Gasteiger partial charge is 0.321 e. The second-order valence-electron chi connectivity index (χ2n) is 5.61. The standard InChI is InChI=1S/C16H23NO4S/c1-4-20-14-7-11(5-6-13(14)21-8-10(2)3)15-17-12(9-22-15)16(18)19/h5-7,10,12,15,17H,4,8-9H2,1-3H3,(H,18,19)/t12-,15-/m1/s1. The minimum Gasteiger partial charge on any atom is -0.490 e. The Bertz CT molecular complexity index is 521. The highest BCUT2D eigenvalue weighted by molar-refractivity contribution is 7.99. The van der Waals surface area contributed by atoms with Crippen molar-refractivity contribution in [1.82, 2.24) is 5.32 Å². The SMILES string of the molecule is CCOc1cc([C@@H]2N[C@@H](C(=O)O)CS2)ccc1OCC(C)C. The van der Waals surface area contributed by atoms with Gasteiger partial charge in [0.1, 0.15) is 6.04 Å². The van der Waals surface area contributed by atoms with Crippen LogP contribution in [0.3, 0.4) is 0 Å². The van der Waals surface area contributed by atoms with Crippen LogP contribution in [-0.4, -0.2) is 36.1 Å². The number of benzene rings is 1. The molecule has 2 rings (SSSR count). The first-order valence-electron chi connectivity index (χ1n) is 7.51. The summed E-state index contributed by atoms with van der Waals surface area (Å²) in [5.41, 5.74) is 1.01. The number of hydrogen-bond donors (Lipinski definition) is 2. The average Bonchev–Trinajstić information content (AvgIpc) is 2.96. The minimum absolute atomic E-state index is 0.0283. The molecule has 0 radical (unpaired) electrons. The molecule has 22 heavy (non-hydrogen) atoms. The van der Waals surface area contributed by atoms with Crippen molar-refractivity contribution in [3.63, 3.8) is 0 Å². The number of carboxylic acid groups (broad SMARTS) is 1. The molecule has 1 fully saturated rings. The summed E-state index contributed by atoms with van der Waals surface area (Å²) in [6.07, 6.45) is 0. The van der Waals surface area contributed by atoms with Crippen LogP contribution in [0, 0.1) is 5.92 Å². The van der Waals surface area contributed by atoms with Gasteiger partial charge in [-0.05, 0) is 30.5 Å². The van der Waals surface area contributed by atoms with E-state index in [1.54, 1.807) is 11.8 Å². The van der Waals surface area contributed by atoms with Crippen molar-refractivity contribution >= 4 is 17.7 Å². The number of thioether (sulfide) groups is 1. The van der Waals surface area contributed by atoms with Crippen LogP contribution in [0.25, 0.3) is 0 Å². The fourth-order valence-electron chi connectivity index (χ4n) is 2.14. The summed E-state index contributed by atoms with van der Waals surface area (Å²) < 4.78 is 11.4. The Hall–Kier alpha value is -1.40. The molecule has 0 aliphatic carbocycles. The Balaban J connectivity index is 2.13. The summed E-state index contributed by atoms with van der Waals surface area (Å²) in [7, 11) is 0. The first kappa shape index (κ1) is 17.0. The summed E-state index contributed by atoms with van der Waals surface area (Å²) in [5.74, 6) is 1.64. The number of aliphatic carboxylic acids is 1. The summed E-state index contributed by atoms with van der Waals surface area (Å²) in [5, 5.41) is 12.1. The van der Waals surface area contributed by atoms with Gasteiger partial charge in [-0.15, -0.1) is 11.8 Å². The molecule has 6 heteroatoms. The predicted molar refractivity (Wildman–Crippen MR) is 87.7 cm³/mol. The second-order valence-corrected chi connectivity index (χ2v) is 6.75. The maximum Gasteiger partial charge on any atom is 0.321 e. The van der Waals surface area contributed by atoms with Crippen LogP contribution >= 0.6 is 11.8 Å². The van der Waals surface area contributed by atoms with Crippen molar-refractivity contribution in [3.05, 3.63) is 23.8 Å². The number of hydrogen-bond acceptors (Lipinski definition) is 5. The van der Waals surface area contributed by atoms with E-state index < -0.39 is 12.0 Å². The lowest BCUT2D eigenvalue weighted by Gasteiger charge is -2.17. The summed E-state index contributed by atoms with van der Waals surface area (Å²) in [6, 6.07) is 5.31. The average molecular weight is 325 g/mol. The lowest BCUT2D eigenvalue weighted by atomic mass is 10.2. The second kappa shape index (κ2) is 7.74. The van der Waals surface area contributed by atoms with Gasteiger partial charge in [0.05, 0.1) is 18.6 Å². The first-order valence-corrected chi connectivity index (χ1v) is 8.56. The molecule has 0 amide bonds. The summed E-state index contributed by atoms with van der Waals surface area (Å²) >= 11 is 1.59. The molecule has 1 aliphatic heterocycles. The van der Waals surface area contributed by atoms with E-state index in [9.17, 15) is 4.79 Å². The van der Waals surface area contributed by atoms with Crippen molar-refractivity contribution in [2.24, 2.45) is 5.92 Å². The third-order valence-electron chi connectivity index (χ3n) is 3.22. The molecule has 1 aromatic carbocycles. The number of carbonyl (C=O) groups is 1. The molecule has 1 saturated heterocycles. The van der Waals surface area contributed by atoms with E-state index in [1.165, 1.54) is 0 Å². The van der Waals surface area contributed by atoms with Gasteiger partial charge in [0, 0.05) is 5.75 Å². The van der Waals surface area contributed by atoms with Crippen LogP contribution in [0.5, 0.6) is 11.5 Å². The quantitative estimate of drug-likeness (QED) is 0.803. The van der Waals surface area contributed by atoms with Gasteiger partial charge >= 0.3 is 5.97 Å². The molecule has 2 atom stereocenters.